The van der Waals surface area contributed by atoms with Gasteiger partial charge in [0.1, 0.15) is 11.6 Å². The molecular formula is C16H13ClFNO. The minimum atomic E-state index is -0.391. The van der Waals surface area contributed by atoms with E-state index in [1.807, 2.05) is 36.5 Å². The van der Waals surface area contributed by atoms with Gasteiger partial charge in [0.2, 0.25) is 0 Å². The Labute approximate surface area is 121 Å². The number of rotatable bonds is 3. The molecule has 0 aliphatic heterocycles. The lowest BCUT2D eigenvalue weighted by molar-refractivity contribution is 0.420. The van der Waals surface area contributed by atoms with Crippen LogP contribution in [0.25, 0.3) is 10.9 Å². The lowest BCUT2D eigenvalue weighted by atomic mass is 10.2. The highest BCUT2D eigenvalue weighted by atomic mass is 35.5. The maximum atomic E-state index is 13.5. The van der Waals surface area contributed by atoms with Crippen molar-refractivity contribution in [3.63, 3.8) is 0 Å². The van der Waals surface area contributed by atoms with Crippen LogP contribution in [0.3, 0.4) is 0 Å². The third kappa shape index (κ3) is 2.25. The molecule has 0 saturated heterocycles. The zero-order valence-electron chi connectivity index (χ0n) is 10.9. The average molecular weight is 290 g/mol. The highest BCUT2D eigenvalue weighted by Gasteiger charge is 2.07. The lowest BCUT2D eigenvalue weighted by Crippen LogP contribution is -1.98. The summed E-state index contributed by atoms with van der Waals surface area (Å²) < 4.78 is 20.9. The number of nitrogens with zero attached hydrogens (tertiary/aromatic N) is 1. The van der Waals surface area contributed by atoms with Crippen LogP contribution in [0.1, 0.15) is 5.56 Å². The monoisotopic (exact) mass is 289 g/mol. The zero-order valence-corrected chi connectivity index (χ0v) is 11.7. The SMILES string of the molecule is COc1cccc2c1ccn2Cc1ccc(Cl)c(F)c1. The van der Waals surface area contributed by atoms with Crippen molar-refractivity contribution in [2.75, 3.05) is 7.11 Å². The van der Waals surface area contributed by atoms with E-state index in [9.17, 15) is 4.39 Å². The Hall–Kier alpha value is -2.00. The third-order valence-corrected chi connectivity index (χ3v) is 3.64. The van der Waals surface area contributed by atoms with Crippen molar-refractivity contribution < 1.29 is 9.13 Å². The Morgan fingerprint density at radius 2 is 2.05 bits per heavy atom. The Morgan fingerprint density at radius 1 is 1.20 bits per heavy atom. The molecule has 0 aliphatic carbocycles. The van der Waals surface area contributed by atoms with Crippen LogP contribution in [0.2, 0.25) is 5.02 Å². The van der Waals surface area contributed by atoms with Gasteiger partial charge in [0.25, 0.3) is 0 Å². The molecule has 0 radical (unpaired) electrons. The van der Waals surface area contributed by atoms with Crippen LogP contribution >= 0.6 is 11.6 Å². The van der Waals surface area contributed by atoms with Gasteiger partial charge in [0.15, 0.2) is 0 Å². The second-order valence-corrected chi connectivity index (χ2v) is 4.99. The van der Waals surface area contributed by atoms with E-state index in [2.05, 4.69) is 4.57 Å². The second-order valence-electron chi connectivity index (χ2n) is 4.59. The Kier molecular flexibility index (Phi) is 3.36. The fraction of sp³-hybridized carbons (Fsp3) is 0.125. The lowest BCUT2D eigenvalue weighted by Gasteiger charge is -2.07. The number of aromatic nitrogens is 1. The van der Waals surface area contributed by atoms with Crippen molar-refractivity contribution in [3.05, 3.63) is 65.1 Å². The summed E-state index contributed by atoms with van der Waals surface area (Å²) in [5.41, 5.74) is 1.92. The van der Waals surface area contributed by atoms with Gasteiger partial charge in [-0.25, -0.2) is 4.39 Å². The fourth-order valence-corrected chi connectivity index (χ4v) is 2.46. The third-order valence-electron chi connectivity index (χ3n) is 3.33. The molecule has 0 saturated carbocycles. The first-order chi connectivity index (χ1) is 9.69. The van der Waals surface area contributed by atoms with E-state index in [4.69, 9.17) is 16.3 Å². The molecule has 1 heterocycles. The molecular weight excluding hydrogens is 277 g/mol. The van der Waals surface area contributed by atoms with Gasteiger partial charge in [0, 0.05) is 18.1 Å². The van der Waals surface area contributed by atoms with E-state index in [0.29, 0.717) is 6.54 Å². The number of hydrogen-bond acceptors (Lipinski definition) is 1. The summed E-state index contributed by atoms with van der Waals surface area (Å²) in [6.07, 6.45) is 1.97. The van der Waals surface area contributed by atoms with Crippen LogP contribution in [0, 0.1) is 5.82 Å². The van der Waals surface area contributed by atoms with Crippen molar-refractivity contribution >= 4 is 22.5 Å². The van der Waals surface area contributed by atoms with E-state index in [0.717, 1.165) is 22.2 Å². The number of fused-ring (bicyclic) bond motifs is 1. The maximum Gasteiger partial charge on any atom is 0.142 e. The maximum absolute atomic E-state index is 13.5. The van der Waals surface area contributed by atoms with Gasteiger partial charge in [-0.1, -0.05) is 23.7 Å². The number of hydrogen-bond donors (Lipinski definition) is 0. The van der Waals surface area contributed by atoms with Crippen LogP contribution in [0.4, 0.5) is 4.39 Å². The molecule has 0 unspecified atom stereocenters. The topological polar surface area (TPSA) is 14.2 Å². The summed E-state index contributed by atoms with van der Waals surface area (Å²) in [5.74, 6) is 0.446. The summed E-state index contributed by atoms with van der Waals surface area (Å²) in [6.45, 7) is 0.588. The van der Waals surface area contributed by atoms with Gasteiger partial charge in [0.05, 0.1) is 17.6 Å². The first-order valence-corrected chi connectivity index (χ1v) is 6.62. The molecule has 0 N–H and O–H groups in total. The van der Waals surface area contributed by atoms with Gasteiger partial charge in [-0.15, -0.1) is 0 Å². The molecule has 102 valence electrons. The van der Waals surface area contributed by atoms with Crippen LogP contribution in [-0.4, -0.2) is 11.7 Å². The van der Waals surface area contributed by atoms with Crippen molar-refractivity contribution in [1.29, 1.82) is 0 Å². The minimum absolute atomic E-state index is 0.146. The van der Waals surface area contributed by atoms with E-state index in [1.54, 1.807) is 13.2 Å². The fourth-order valence-electron chi connectivity index (χ4n) is 2.35. The zero-order chi connectivity index (χ0) is 14.1. The molecule has 2 aromatic carbocycles. The Morgan fingerprint density at radius 3 is 2.80 bits per heavy atom. The molecule has 2 nitrogen and oxygen atoms in total. The van der Waals surface area contributed by atoms with Crippen LogP contribution in [-0.2, 0) is 6.54 Å². The predicted octanol–water partition coefficient (Wildman–Crippen LogP) is 4.49. The van der Waals surface area contributed by atoms with Gasteiger partial charge in [-0.3, -0.25) is 0 Å². The molecule has 0 aliphatic rings. The summed E-state index contributed by atoms with van der Waals surface area (Å²) in [6, 6.07) is 12.8. The Balaban J connectivity index is 2.00. The highest BCUT2D eigenvalue weighted by Crippen LogP contribution is 2.27. The van der Waals surface area contributed by atoms with E-state index >= 15 is 0 Å². The summed E-state index contributed by atoms with van der Waals surface area (Å²) in [4.78, 5) is 0. The van der Waals surface area contributed by atoms with E-state index in [1.165, 1.54) is 6.07 Å². The van der Waals surface area contributed by atoms with Gasteiger partial charge in [-0.2, -0.15) is 0 Å². The predicted molar refractivity (Wildman–Crippen MR) is 79.0 cm³/mol. The molecule has 1 aromatic heterocycles. The molecule has 0 spiro atoms. The van der Waals surface area contributed by atoms with E-state index in [-0.39, 0.29) is 5.02 Å². The van der Waals surface area contributed by atoms with Gasteiger partial charge in [-0.05, 0) is 35.9 Å². The van der Waals surface area contributed by atoms with Crippen molar-refractivity contribution in [1.82, 2.24) is 4.57 Å². The van der Waals surface area contributed by atoms with Crippen molar-refractivity contribution in [2.45, 2.75) is 6.54 Å². The Bertz CT molecular complexity index is 766. The highest BCUT2D eigenvalue weighted by molar-refractivity contribution is 6.30. The molecule has 0 bridgehead atoms. The van der Waals surface area contributed by atoms with Gasteiger partial charge < -0.3 is 9.30 Å². The average Bonchev–Trinajstić information content (AvgIpc) is 2.86. The number of halogens is 2. The smallest absolute Gasteiger partial charge is 0.142 e. The summed E-state index contributed by atoms with van der Waals surface area (Å²) in [7, 11) is 1.65. The van der Waals surface area contributed by atoms with Crippen molar-refractivity contribution in [2.24, 2.45) is 0 Å². The quantitative estimate of drug-likeness (QED) is 0.693. The summed E-state index contributed by atoms with van der Waals surface area (Å²) >= 11 is 5.70. The van der Waals surface area contributed by atoms with Crippen LogP contribution < -0.4 is 4.74 Å². The minimum Gasteiger partial charge on any atom is -0.496 e. The largest absolute Gasteiger partial charge is 0.496 e. The van der Waals surface area contributed by atoms with Gasteiger partial charge >= 0.3 is 0 Å². The second kappa shape index (κ2) is 5.17. The first kappa shape index (κ1) is 13.0. The normalized spacial score (nSPS) is 10.9. The summed E-state index contributed by atoms with van der Waals surface area (Å²) in [5, 5.41) is 1.19. The van der Waals surface area contributed by atoms with Crippen molar-refractivity contribution in [3.8, 4) is 5.75 Å². The standard InChI is InChI=1S/C16H13ClFNO/c1-20-16-4-2-3-15-12(16)7-8-19(15)10-11-5-6-13(17)14(18)9-11/h2-9H,10H2,1H3. The van der Waals surface area contributed by atoms with Crippen LogP contribution in [0.15, 0.2) is 48.7 Å². The van der Waals surface area contributed by atoms with Crippen LogP contribution in [0.5, 0.6) is 5.75 Å². The molecule has 0 amide bonds. The molecule has 3 rings (SSSR count). The molecule has 3 aromatic rings. The number of methoxy groups -OCH3 is 1. The first-order valence-electron chi connectivity index (χ1n) is 6.25. The number of ether oxygens (including phenoxy) is 1. The molecule has 4 heteroatoms. The molecule has 20 heavy (non-hydrogen) atoms. The van der Waals surface area contributed by atoms with E-state index < -0.39 is 5.82 Å². The molecule has 0 fully saturated rings. The molecule has 0 atom stereocenters. The number of benzene rings is 2.